The summed E-state index contributed by atoms with van der Waals surface area (Å²) < 4.78 is 26.0. The van der Waals surface area contributed by atoms with Crippen LogP contribution in [-0.2, 0) is 26.2 Å². The van der Waals surface area contributed by atoms with Crippen LogP contribution in [0.2, 0.25) is 0 Å². The number of hydrogen-bond donors (Lipinski definition) is 4. The van der Waals surface area contributed by atoms with Crippen molar-refractivity contribution in [2.75, 3.05) is 12.4 Å². The summed E-state index contributed by atoms with van der Waals surface area (Å²) in [6, 6.07) is 16.9. The van der Waals surface area contributed by atoms with E-state index >= 15 is 0 Å². The Balaban J connectivity index is 1.26. The van der Waals surface area contributed by atoms with Crippen molar-refractivity contribution in [1.82, 2.24) is 25.6 Å². The second kappa shape index (κ2) is 11.3. The molecule has 12 nitrogen and oxygen atoms in total. The lowest BCUT2D eigenvalue weighted by Crippen LogP contribution is -2.53. The molecule has 4 aliphatic rings. The fourth-order valence-corrected chi connectivity index (χ4v) is 8.79. The van der Waals surface area contributed by atoms with E-state index in [1.54, 1.807) is 6.20 Å². The number of carbonyl (C=O) groups excluding carboxylic acids is 2. The number of carbonyl (C=O) groups is 2. The van der Waals surface area contributed by atoms with Gasteiger partial charge in [0.2, 0.25) is 23.6 Å². The first kappa shape index (κ1) is 31.8. The van der Waals surface area contributed by atoms with Crippen molar-refractivity contribution in [3.8, 4) is 39.8 Å². The minimum atomic E-state index is -1.04. The standard InChI is InChI=1S/C41H38N6O6/c1-18(2)31-39-46-33-35(53-39)41-24-10-6-9-22(21-8-7-11-26-30(21)23(16-42-26)29-17-43-38(33)51-29)32(24)47-40(41)52-28-13-12-20(14-25(28)41)15-27(36(48)45-31)44-37(49)34(50-5)19(3)4/h6-14,16-19,27,31,34,40,42,47H,15H2,1-5H3,(H,44,49)(H,45,48)/t27-,31-,34-,40-,41?/m0/s1. The highest BCUT2D eigenvalue weighted by Gasteiger charge is 2.61. The second-order valence-electron chi connectivity index (χ2n) is 15.1. The monoisotopic (exact) mass is 710 g/mol. The summed E-state index contributed by atoms with van der Waals surface area (Å²) in [6.07, 6.45) is 2.54. The van der Waals surface area contributed by atoms with Crippen LogP contribution in [0.1, 0.15) is 62.1 Å². The zero-order valence-corrected chi connectivity index (χ0v) is 29.9. The molecule has 1 spiro atoms. The lowest BCUT2D eigenvalue weighted by atomic mass is 9.72. The van der Waals surface area contributed by atoms with Crippen LogP contribution in [0.25, 0.3) is 44.9 Å². The summed E-state index contributed by atoms with van der Waals surface area (Å²) in [5.41, 5.74) is 6.80. The lowest BCUT2D eigenvalue weighted by Gasteiger charge is -2.29. The molecule has 4 aliphatic heterocycles. The van der Waals surface area contributed by atoms with E-state index in [9.17, 15) is 9.59 Å². The van der Waals surface area contributed by atoms with Gasteiger partial charge < -0.3 is 39.2 Å². The molecule has 4 N–H and O–H groups in total. The molecule has 268 valence electrons. The van der Waals surface area contributed by atoms with Gasteiger partial charge in [0.05, 0.1) is 6.20 Å². The molecule has 5 atom stereocenters. The van der Waals surface area contributed by atoms with E-state index in [1.807, 2.05) is 52.1 Å². The third-order valence-corrected chi connectivity index (χ3v) is 11.3. The van der Waals surface area contributed by atoms with Crippen molar-refractivity contribution < 1.29 is 27.9 Å². The third kappa shape index (κ3) is 4.38. The summed E-state index contributed by atoms with van der Waals surface area (Å²) in [5, 5.41) is 11.0. The van der Waals surface area contributed by atoms with E-state index in [1.165, 1.54) is 7.11 Å². The molecule has 2 amide bonds. The average Bonchev–Trinajstić information content (AvgIpc) is 3.96. The van der Waals surface area contributed by atoms with Gasteiger partial charge in [-0.15, -0.1) is 0 Å². The number of H-pyrrole nitrogens is 1. The highest BCUT2D eigenvalue weighted by molar-refractivity contribution is 6.07. The highest BCUT2D eigenvalue weighted by Crippen LogP contribution is 2.61. The number of para-hydroxylation sites is 1. The molecule has 7 heterocycles. The zero-order valence-electron chi connectivity index (χ0n) is 29.9. The predicted molar refractivity (Wildman–Crippen MR) is 196 cm³/mol. The van der Waals surface area contributed by atoms with Crippen molar-refractivity contribution in [2.45, 2.75) is 63.9 Å². The number of rotatable bonds is 5. The van der Waals surface area contributed by atoms with Gasteiger partial charge in [0.25, 0.3) is 0 Å². The van der Waals surface area contributed by atoms with Crippen LogP contribution in [0.3, 0.4) is 0 Å². The van der Waals surface area contributed by atoms with Crippen molar-refractivity contribution in [3.63, 3.8) is 0 Å². The predicted octanol–water partition coefficient (Wildman–Crippen LogP) is 6.46. The van der Waals surface area contributed by atoms with Gasteiger partial charge in [-0.3, -0.25) is 9.59 Å². The molecule has 0 fully saturated rings. The van der Waals surface area contributed by atoms with Crippen molar-refractivity contribution in [2.24, 2.45) is 11.8 Å². The SMILES string of the molecule is CO[C@H](C(=O)N[C@H]1Cc2ccc3c(c2)C24c5cccc(c5N[C@H]2O3)-c2cccc3[nH]cc(c23)-c2cnc(o2)-c2nc(oc24)[C@H](C(C)C)NC1=O)C(C)C. The molecular weight excluding hydrogens is 672 g/mol. The van der Waals surface area contributed by atoms with Gasteiger partial charge in [0.1, 0.15) is 29.4 Å². The molecule has 6 aromatic rings. The number of hydrogen-bond acceptors (Lipinski definition) is 9. The summed E-state index contributed by atoms with van der Waals surface area (Å²) in [6.45, 7) is 7.80. The largest absolute Gasteiger partial charge is 0.469 e. The van der Waals surface area contributed by atoms with E-state index < -0.39 is 29.8 Å². The molecule has 0 saturated carbocycles. The second-order valence-corrected chi connectivity index (χ2v) is 15.1. The molecule has 0 aliphatic carbocycles. The number of fused-ring (bicyclic) bond motifs is 7. The van der Waals surface area contributed by atoms with Gasteiger partial charge in [-0.2, -0.15) is 0 Å². The maximum Gasteiger partial charge on any atom is 0.250 e. The minimum Gasteiger partial charge on any atom is -0.469 e. The van der Waals surface area contributed by atoms with Crippen molar-refractivity contribution in [1.29, 1.82) is 0 Å². The summed E-state index contributed by atoms with van der Waals surface area (Å²) in [7, 11) is 1.50. The maximum absolute atomic E-state index is 14.3. The van der Waals surface area contributed by atoms with E-state index in [4.69, 9.17) is 28.3 Å². The van der Waals surface area contributed by atoms with Crippen molar-refractivity contribution in [3.05, 3.63) is 95.3 Å². The Morgan fingerprint density at radius 2 is 1.83 bits per heavy atom. The number of amides is 2. The summed E-state index contributed by atoms with van der Waals surface area (Å²) >= 11 is 0. The van der Waals surface area contributed by atoms with Gasteiger partial charge in [0, 0.05) is 58.6 Å². The number of oxazole rings is 2. The van der Waals surface area contributed by atoms with Crippen LogP contribution in [-0.4, -0.2) is 52.2 Å². The number of benzene rings is 3. The van der Waals surface area contributed by atoms with E-state index in [0.717, 1.165) is 50.0 Å². The molecule has 1 unspecified atom stereocenters. The van der Waals surface area contributed by atoms with Crippen LogP contribution in [0.4, 0.5) is 5.69 Å². The Labute approximate surface area is 304 Å². The Bertz CT molecular complexity index is 2490. The van der Waals surface area contributed by atoms with Crippen LogP contribution in [0, 0.1) is 11.8 Å². The maximum atomic E-state index is 14.3. The quantitative estimate of drug-likeness (QED) is 0.158. The molecular formula is C41H38N6O6. The Kier molecular flexibility index (Phi) is 6.79. The normalized spacial score (nSPS) is 22.4. The van der Waals surface area contributed by atoms with Crippen molar-refractivity contribution >= 4 is 28.4 Å². The number of anilines is 1. The van der Waals surface area contributed by atoms with Crippen LogP contribution >= 0.6 is 0 Å². The van der Waals surface area contributed by atoms with E-state index in [0.29, 0.717) is 28.9 Å². The van der Waals surface area contributed by atoms with Gasteiger partial charge in [-0.1, -0.05) is 70.2 Å². The van der Waals surface area contributed by atoms with Gasteiger partial charge in [0.15, 0.2) is 23.4 Å². The van der Waals surface area contributed by atoms with E-state index in [2.05, 4.69) is 57.3 Å². The molecule has 3 aromatic heterocycles. The molecule has 53 heavy (non-hydrogen) atoms. The molecule has 0 radical (unpaired) electrons. The zero-order chi connectivity index (χ0) is 36.3. The summed E-state index contributed by atoms with van der Waals surface area (Å²) in [4.78, 5) is 41.2. The van der Waals surface area contributed by atoms with Gasteiger partial charge in [-0.05, 0) is 35.1 Å². The van der Waals surface area contributed by atoms with Gasteiger partial charge in [-0.25, -0.2) is 9.97 Å². The van der Waals surface area contributed by atoms with Gasteiger partial charge >= 0.3 is 0 Å². The number of nitrogens with one attached hydrogen (secondary N) is 4. The number of methoxy groups -OCH3 is 1. The smallest absolute Gasteiger partial charge is 0.250 e. The fourth-order valence-electron chi connectivity index (χ4n) is 8.79. The molecule has 10 rings (SSSR count). The Morgan fingerprint density at radius 1 is 1.00 bits per heavy atom. The minimum absolute atomic E-state index is 0.0993. The van der Waals surface area contributed by atoms with E-state index in [-0.39, 0.29) is 36.0 Å². The third-order valence-electron chi connectivity index (χ3n) is 11.3. The number of aromatic amines is 1. The van der Waals surface area contributed by atoms with Crippen LogP contribution < -0.4 is 20.7 Å². The first-order valence-electron chi connectivity index (χ1n) is 18.1. The molecule has 3 aromatic carbocycles. The molecule has 0 saturated heterocycles. The van der Waals surface area contributed by atoms with Crippen LogP contribution in [0.15, 0.2) is 75.8 Å². The Hall–Kier alpha value is -5.88. The first-order chi connectivity index (χ1) is 25.7. The Morgan fingerprint density at radius 3 is 2.64 bits per heavy atom. The number of nitrogens with zero attached hydrogens (tertiary/aromatic N) is 2. The molecule has 12 heteroatoms. The number of ether oxygens (including phenoxy) is 2. The fraction of sp³-hybridized carbons (Fsp3) is 0.317. The average molecular weight is 711 g/mol. The molecule has 10 bridgehead atoms. The topological polar surface area (TPSA) is 157 Å². The lowest BCUT2D eigenvalue weighted by molar-refractivity contribution is -0.137. The van der Waals surface area contributed by atoms with Crippen LogP contribution in [0.5, 0.6) is 5.75 Å². The first-order valence-corrected chi connectivity index (χ1v) is 18.1. The summed E-state index contributed by atoms with van der Waals surface area (Å²) in [5.74, 6) is 1.37. The number of aromatic nitrogens is 3. The highest BCUT2D eigenvalue weighted by atomic mass is 16.5.